The molecule has 1 unspecified atom stereocenters. The largest absolute Gasteiger partial charge is 0.324 e. The van der Waals surface area contributed by atoms with Crippen molar-refractivity contribution in [3.05, 3.63) is 47.0 Å². The van der Waals surface area contributed by atoms with Gasteiger partial charge in [-0.05, 0) is 30.5 Å². The van der Waals surface area contributed by atoms with Crippen molar-refractivity contribution >= 4 is 15.9 Å². The molecule has 0 saturated carbocycles. The Morgan fingerprint density at radius 2 is 2.31 bits per heavy atom. The molecule has 0 amide bonds. The monoisotopic (exact) mass is 239 g/mol. The molecule has 0 heterocycles. The average Bonchev–Trinajstić information content (AvgIpc) is 2.14. The van der Waals surface area contributed by atoms with Gasteiger partial charge in [-0.25, -0.2) is 0 Å². The zero-order valence-corrected chi connectivity index (χ0v) is 9.13. The van der Waals surface area contributed by atoms with Gasteiger partial charge in [-0.1, -0.05) is 34.1 Å². The van der Waals surface area contributed by atoms with Gasteiger partial charge in [0.05, 0.1) is 0 Å². The maximum Gasteiger partial charge on any atom is 0.0298 e. The van der Waals surface area contributed by atoms with Gasteiger partial charge in [0.1, 0.15) is 0 Å². The Morgan fingerprint density at radius 3 is 2.92 bits per heavy atom. The summed E-state index contributed by atoms with van der Waals surface area (Å²) in [6.45, 7) is 3.68. The van der Waals surface area contributed by atoms with Crippen LogP contribution in [0.3, 0.4) is 0 Å². The molecule has 70 valence electrons. The van der Waals surface area contributed by atoms with Crippen molar-refractivity contribution in [3.8, 4) is 0 Å². The third-order valence-electron chi connectivity index (χ3n) is 1.96. The first kappa shape index (κ1) is 10.5. The van der Waals surface area contributed by atoms with Gasteiger partial charge >= 0.3 is 0 Å². The quantitative estimate of drug-likeness (QED) is 0.802. The second-order valence-corrected chi connectivity index (χ2v) is 3.94. The van der Waals surface area contributed by atoms with E-state index in [4.69, 9.17) is 5.73 Å². The van der Waals surface area contributed by atoms with E-state index in [-0.39, 0.29) is 6.04 Å². The van der Waals surface area contributed by atoms with Crippen molar-refractivity contribution in [2.45, 2.75) is 18.9 Å². The van der Waals surface area contributed by atoms with Crippen LogP contribution in [0, 0.1) is 0 Å². The smallest absolute Gasteiger partial charge is 0.0298 e. The van der Waals surface area contributed by atoms with Crippen LogP contribution in [0.25, 0.3) is 0 Å². The molecule has 0 fully saturated rings. The standard InChI is InChI=1S/C11H14BrN/c1-2-3-7-11(13)9-5-4-6-10(12)8-9/h2,4-6,8,11H,1,3,7,13H2. The lowest BCUT2D eigenvalue weighted by Crippen LogP contribution is -2.09. The predicted molar refractivity (Wildman–Crippen MR) is 60.5 cm³/mol. The summed E-state index contributed by atoms with van der Waals surface area (Å²) < 4.78 is 1.08. The lowest BCUT2D eigenvalue weighted by atomic mass is 10.0. The first-order valence-corrected chi connectivity index (χ1v) is 5.15. The van der Waals surface area contributed by atoms with Gasteiger partial charge in [0.25, 0.3) is 0 Å². The molecular formula is C11H14BrN. The summed E-state index contributed by atoms with van der Waals surface area (Å²) in [5.41, 5.74) is 7.16. The van der Waals surface area contributed by atoms with Crippen molar-refractivity contribution in [3.63, 3.8) is 0 Å². The number of hydrogen-bond acceptors (Lipinski definition) is 1. The Balaban J connectivity index is 2.65. The maximum atomic E-state index is 5.98. The summed E-state index contributed by atoms with van der Waals surface area (Å²) in [6.07, 6.45) is 3.82. The van der Waals surface area contributed by atoms with Gasteiger partial charge in [-0.3, -0.25) is 0 Å². The number of allylic oxidation sites excluding steroid dienone is 1. The maximum absolute atomic E-state index is 5.98. The van der Waals surface area contributed by atoms with Crippen molar-refractivity contribution < 1.29 is 0 Å². The first-order valence-electron chi connectivity index (χ1n) is 4.36. The molecule has 1 rings (SSSR count). The van der Waals surface area contributed by atoms with Crippen molar-refractivity contribution in [2.24, 2.45) is 5.73 Å². The normalized spacial score (nSPS) is 12.5. The fourth-order valence-electron chi connectivity index (χ4n) is 1.20. The van der Waals surface area contributed by atoms with Crippen LogP contribution in [0.5, 0.6) is 0 Å². The molecule has 1 aromatic rings. The number of hydrogen-bond donors (Lipinski definition) is 1. The first-order chi connectivity index (χ1) is 6.24. The molecule has 0 aliphatic rings. The molecule has 13 heavy (non-hydrogen) atoms. The van der Waals surface area contributed by atoms with Gasteiger partial charge in [-0.15, -0.1) is 6.58 Å². The molecule has 0 radical (unpaired) electrons. The molecule has 2 heteroatoms. The highest BCUT2D eigenvalue weighted by Crippen LogP contribution is 2.19. The lowest BCUT2D eigenvalue weighted by Gasteiger charge is -2.10. The fourth-order valence-corrected chi connectivity index (χ4v) is 1.62. The minimum Gasteiger partial charge on any atom is -0.324 e. The number of nitrogens with two attached hydrogens (primary N) is 1. The summed E-state index contributed by atoms with van der Waals surface area (Å²) in [6, 6.07) is 8.25. The summed E-state index contributed by atoms with van der Waals surface area (Å²) in [7, 11) is 0. The van der Waals surface area contributed by atoms with E-state index in [2.05, 4.69) is 34.6 Å². The lowest BCUT2D eigenvalue weighted by molar-refractivity contribution is 0.661. The van der Waals surface area contributed by atoms with Crippen LogP contribution >= 0.6 is 15.9 Å². The van der Waals surface area contributed by atoms with Crippen LogP contribution in [-0.2, 0) is 0 Å². The summed E-state index contributed by atoms with van der Waals surface area (Å²) in [4.78, 5) is 0. The predicted octanol–water partition coefficient (Wildman–Crippen LogP) is 3.42. The second kappa shape index (κ2) is 5.20. The van der Waals surface area contributed by atoms with Gasteiger partial charge in [0.2, 0.25) is 0 Å². The molecule has 2 N–H and O–H groups in total. The van der Waals surface area contributed by atoms with Crippen LogP contribution in [0.4, 0.5) is 0 Å². The van der Waals surface area contributed by atoms with Crippen LogP contribution in [0.15, 0.2) is 41.4 Å². The van der Waals surface area contributed by atoms with Crippen LogP contribution in [0.1, 0.15) is 24.4 Å². The fraction of sp³-hybridized carbons (Fsp3) is 0.273. The number of benzene rings is 1. The van der Waals surface area contributed by atoms with Gasteiger partial charge < -0.3 is 5.73 Å². The minimum absolute atomic E-state index is 0.121. The summed E-state index contributed by atoms with van der Waals surface area (Å²) in [5.74, 6) is 0. The van der Waals surface area contributed by atoms with Gasteiger partial charge in [-0.2, -0.15) is 0 Å². The molecule has 0 aliphatic carbocycles. The van der Waals surface area contributed by atoms with E-state index in [1.54, 1.807) is 0 Å². The minimum atomic E-state index is 0.121. The van der Waals surface area contributed by atoms with Gasteiger partial charge in [0, 0.05) is 10.5 Å². The SMILES string of the molecule is C=CCCC(N)c1cccc(Br)c1. The topological polar surface area (TPSA) is 26.0 Å². The third kappa shape index (κ3) is 3.33. The highest BCUT2D eigenvalue weighted by Gasteiger charge is 2.04. The van der Waals surface area contributed by atoms with Crippen LogP contribution in [-0.4, -0.2) is 0 Å². The molecule has 0 bridgehead atoms. The van der Waals surface area contributed by atoms with E-state index in [1.165, 1.54) is 5.56 Å². The van der Waals surface area contributed by atoms with E-state index in [0.717, 1.165) is 17.3 Å². The zero-order chi connectivity index (χ0) is 9.68. The van der Waals surface area contributed by atoms with Crippen molar-refractivity contribution in [2.75, 3.05) is 0 Å². The van der Waals surface area contributed by atoms with E-state index < -0.39 is 0 Å². The molecular weight excluding hydrogens is 226 g/mol. The Bertz CT molecular complexity index is 283. The third-order valence-corrected chi connectivity index (χ3v) is 2.45. The second-order valence-electron chi connectivity index (χ2n) is 3.03. The molecule has 1 aromatic carbocycles. The molecule has 0 aliphatic heterocycles. The molecule has 0 aromatic heterocycles. The van der Waals surface area contributed by atoms with Crippen LogP contribution in [0.2, 0.25) is 0 Å². The Labute approximate surface area is 87.8 Å². The highest BCUT2D eigenvalue weighted by atomic mass is 79.9. The summed E-state index contributed by atoms with van der Waals surface area (Å²) >= 11 is 3.42. The zero-order valence-electron chi connectivity index (χ0n) is 7.54. The average molecular weight is 240 g/mol. The Hall–Kier alpha value is -0.600. The summed E-state index contributed by atoms with van der Waals surface area (Å²) in [5, 5.41) is 0. The van der Waals surface area contributed by atoms with Crippen molar-refractivity contribution in [1.29, 1.82) is 0 Å². The van der Waals surface area contributed by atoms with Crippen LogP contribution < -0.4 is 5.73 Å². The Kier molecular flexibility index (Phi) is 4.19. The van der Waals surface area contributed by atoms with E-state index in [0.29, 0.717) is 0 Å². The number of rotatable bonds is 4. The van der Waals surface area contributed by atoms with Gasteiger partial charge in [0.15, 0.2) is 0 Å². The molecule has 1 atom stereocenters. The van der Waals surface area contributed by atoms with E-state index >= 15 is 0 Å². The highest BCUT2D eigenvalue weighted by molar-refractivity contribution is 9.10. The van der Waals surface area contributed by atoms with E-state index in [9.17, 15) is 0 Å². The molecule has 1 nitrogen and oxygen atoms in total. The Morgan fingerprint density at radius 1 is 1.54 bits per heavy atom. The van der Waals surface area contributed by atoms with E-state index in [1.807, 2.05) is 18.2 Å². The molecule has 0 saturated heterocycles. The molecule has 0 spiro atoms. The van der Waals surface area contributed by atoms with Crippen molar-refractivity contribution in [1.82, 2.24) is 0 Å². The number of halogens is 1.